The van der Waals surface area contributed by atoms with Gasteiger partial charge in [0.05, 0.1) is 42.4 Å². The number of nitrogens with zero attached hydrogens (tertiary/aromatic N) is 3. The van der Waals surface area contributed by atoms with Gasteiger partial charge >= 0.3 is 0 Å². The Kier molecular flexibility index (Phi) is 3.40. The molecule has 0 saturated carbocycles. The number of nitrogens with one attached hydrogen (secondary N) is 1. The van der Waals surface area contributed by atoms with Crippen molar-refractivity contribution in [1.82, 2.24) is 20.1 Å². The van der Waals surface area contributed by atoms with Crippen molar-refractivity contribution in [2.45, 2.75) is 19.5 Å². The first-order valence-electron chi connectivity index (χ1n) is 6.03. The van der Waals surface area contributed by atoms with Gasteiger partial charge in [0.15, 0.2) is 0 Å². The fourth-order valence-corrected chi connectivity index (χ4v) is 2.86. The molecule has 1 saturated heterocycles. The van der Waals surface area contributed by atoms with Gasteiger partial charge in [-0.3, -0.25) is 10.00 Å². The number of ether oxygens (including phenoxy) is 1. The van der Waals surface area contributed by atoms with Gasteiger partial charge in [-0.05, 0) is 12.5 Å². The lowest BCUT2D eigenvalue weighted by Crippen LogP contribution is -2.39. The van der Waals surface area contributed by atoms with Crippen LogP contribution in [-0.2, 0) is 11.3 Å². The van der Waals surface area contributed by atoms with Crippen molar-refractivity contribution in [2.75, 3.05) is 19.8 Å². The van der Waals surface area contributed by atoms with Crippen LogP contribution in [0.3, 0.4) is 0 Å². The van der Waals surface area contributed by atoms with Crippen LogP contribution in [0.5, 0.6) is 0 Å². The zero-order valence-corrected chi connectivity index (χ0v) is 11.1. The second-order valence-electron chi connectivity index (χ2n) is 4.51. The summed E-state index contributed by atoms with van der Waals surface area (Å²) in [4.78, 5) is 6.76. The van der Waals surface area contributed by atoms with Crippen LogP contribution in [-0.4, -0.2) is 39.8 Å². The maximum atomic E-state index is 5.60. The number of aryl methyl sites for hydroxylation is 1. The molecule has 1 N–H and O–H groups in total. The molecule has 0 amide bonds. The van der Waals surface area contributed by atoms with E-state index < -0.39 is 0 Å². The highest BCUT2D eigenvalue weighted by atomic mass is 32.1. The fourth-order valence-electron chi connectivity index (χ4n) is 2.31. The Labute approximate surface area is 110 Å². The predicted molar refractivity (Wildman–Crippen MR) is 69.4 cm³/mol. The fraction of sp³-hybridized carbons (Fsp3) is 0.500. The highest BCUT2D eigenvalue weighted by Crippen LogP contribution is 2.26. The minimum absolute atomic E-state index is 0.253. The van der Waals surface area contributed by atoms with Crippen molar-refractivity contribution in [2.24, 2.45) is 0 Å². The number of aromatic amines is 1. The van der Waals surface area contributed by atoms with Gasteiger partial charge in [-0.2, -0.15) is 5.10 Å². The largest absolute Gasteiger partial charge is 0.378 e. The van der Waals surface area contributed by atoms with Crippen LogP contribution in [0.1, 0.15) is 23.0 Å². The van der Waals surface area contributed by atoms with Gasteiger partial charge in [0.25, 0.3) is 0 Å². The minimum Gasteiger partial charge on any atom is -0.378 e. The van der Waals surface area contributed by atoms with E-state index >= 15 is 0 Å². The molecule has 6 heteroatoms. The Morgan fingerprint density at radius 2 is 2.56 bits per heavy atom. The molecule has 96 valence electrons. The molecular formula is C12H16N4OS. The molecule has 2 aromatic heterocycles. The van der Waals surface area contributed by atoms with Crippen LogP contribution in [0.15, 0.2) is 17.1 Å². The van der Waals surface area contributed by atoms with Crippen molar-refractivity contribution >= 4 is 11.3 Å². The van der Waals surface area contributed by atoms with Crippen molar-refractivity contribution < 1.29 is 4.74 Å². The van der Waals surface area contributed by atoms with Gasteiger partial charge < -0.3 is 4.74 Å². The lowest BCUT2D eigenvalue weighted by molar-refractivity contribution is -0.0149. The highest BCUT2D eigenvalue weighted by Gasteiger charge is 2.27. The van der Waals surface area contributed by atoms with Gasteiger partial charge in [0.1, 0.15) is 0 Å². The summed E-state index contributed by atoms with van der Waals surface area (Å²) in [5.41, 5.74) is 5.36. The number of H-pyrrole nitrogens is 1. The summed E-state index contributed by atoms with van der Waals surface area (Å²) in [5, 5.41) is 9.31. The minimum atomic E-state index is 0.253. The third-order valence-corrected chi connectivity index (χ3v) is 3.92. The smallest absolute Gasteiger partial charge is 0.0795 e. The average Bonchev–Trinajstić information content (AvgIpc) is 3.02. The summed E-state index contributed by atoms with van der Waals surface area (Å²) in [6.45, 7) is 5.38. The first kappa shape index (κ1) is 11.8. The highest BCUT2D eigenvalue weighted by molar-refractivity contribution is 7.07. The zero-order chi connectivity index (χ0) is 12.4. The predicted octanol–water partition coefficient (Wildman–Crippen LogP) is 1.75. The Morgan fingerprint density at radius 3 is 3.28 bits per heavy atom. The zero-order valence-electron chi connectivity index (χ0n) is 10.3. The molecule has 18 heavy (non-hydrogen) atoms. The first-order chi connectivity index (χ1) is 8.84. The second-order valence-corrected chi connectivity index (χ2v) is 5.23. The summed E-state index contributed by atoms with van der Waals surface area (Å²) in [5.74, 6) is 0. The molecule has 1 aliphatic rings. The third-order valence-electron chi connectivity index (χ3n) is 3.29. The molecule has 3 rings (SSSR count). The van der Waals surface area contributed by atoms with E-state index in [1.807, 2.05) is 11.7 Å². The van der Waals surface area contributed by atoms with E-state index in [9.17, 15) is 0 Å². The maximum absolute atomic E-state index is 5.60. The van der Waals surface area contributed by atoms with Crippen molar-refractivity contribution in [3.05, 3.63) is 34.0 Å². The molecular weight excluding hydrogens is 248 g/mol. The molecule has 3 heterocycles. The molecule has 0 bridgehead atoms. The maximum Gasteiger partial charge on any atom is 0.0795 e. The molecule has 0 aliphatic carbocycles. The number of hydrogen-bond donors (Lipinski definition) is 1. The quantitative estimate of drug-likeness (QED) is 0.917. The van der Waals surface area contributed by atoms with Crippen molar-refractivity contribution in [3.8, 4) is 0 Å². The molecule has 5 nitrogen and oxygen atoms in total. The molecule has 0 spiro atoms. The van der Waals surface area contributed by atoms with Crippen molar-refractivity contribution in [3.63, 3.8) is 0 Å². The number of morpholine rings is 1. The summed E-state index contributed by atoms with van der Waals surface area (Å²) in [6, 6.07) is 0.253. The first-order valence-corrected chi connectivity index (χ1v) is 6.97. The van der Waals surface area contributed by atoms with Crippen LogP contribution in [0.4, 0.5) is 0 Å². The number of thiazole rings is 1. The van der Waals surface area contributed by atoms with Gasteiger partial charge in [0, 0.05) is 18.5 Å². The average molecular weight is 264 g/mol. The van der Waals surface area contributed by atoms with Gasteiger partial charge in [-0.15, -0.1) is 11.3 Å². The van der Waals surface area contributed by atoms with Crippen LogP contribution in [0.2, 0.25) is 0 Å². The Balaban J connectivity index is 1.80. The standard InChI is InChI=1S/C12H16N4OS/c1-9-4-14-15-12(9)11-6-17-3-2-16(11)5-10-7-18-8-13-10/h4,7-8,11H,2-3,5-6H2,1H3,(H,14,15). The van der Waals surface area contributed by atoms with Crippen LogP contribution in [0, 0.1) is 6.92 Å². The molecule has 0 aromatic carbocycles. The van der Waals surface area contributed by atoms with E-state index in [4.69, 9.17) is 4.74 Å². The lowest BCUT2D eigenvalue weighted by Gasteiger charge is -2.34. The van der Waals surface area contributed by atoms with Crippen LogP contribution < -0.4 is 0 Å². The van der Waals surface area contributed by atoms with Gasteiger partial charge in [-0.1, -0.05) is 0 Å². The van der Waals surface area contributed by atoms with E-state index in [0.717, 1.165) is 31.1 Å². The summed E-state index contributed by atoms with van der Waals surface area (Å²) in [6.07, 6.45) is 1.87. The SMILES string of the molecule is Cc1cn[nH]c1C1COCCN1Cc1cscn1. The summed E-state index contributed by atoms with van der Waals surface area (Å²) < 4.78 is 5.60. The monoisotopic (exact) mass is 264 g/mol. The topological polar surface area (TPSA) is 54.0 Å². The second kappa shape index (κ2) is 5.17. The Bertz CT molecular complexity index is 496. The van der Waals surface area contributed by atoms with Gasteiger partial charge in [0.2, 0.25) is 0 Å². The number of aromatic nitrogens is 3. The van der Waals surface area contributed by atoms with Crippen LogP contribution in [0.25, 0.3) is 0 Å². The van der Waals surface area contributed by atoms with E-state index in [2.05, 4.69) is 32.4 Å². The summed E-state index contributed by atoms with van der Waals surface area (Å²) in [7, 11) is 0. The van der Waals surface area contributed by atoms with Crippen molar-refractivity contribution in [1.29, 1.82) is 0 Å². The molecule has 0 radical (unpaired) electrons. The molecule has 1 atom stereocenters. The number of hydrogen-bond acceptors (Lipinski definition) is 5. The van der Waals surface area contributed by atoms with E-state index in [0.29, 0.717) is 6.61 Å². The summed E-state index contributed by atoms with van der Waals surface area (Å²) >= 11 is 1.64. The molecule has 1 unspecified atom stereocenters. The van der Waals surface area contributed by atoms with Gasteiger partial charge in [-0.25, -0.2) is 4.98 Å². The van der Waals surface area contributed by atoms with E-state index in [1.54, 1.807) is 11.3 Å². The Hall–Kier alpha value is -1.24. The van der Waals surface area contributed by atoms with E-state index in [-0.39, 0.29) is 6.04 Å². The number of rotatable bonds is 3. The normalized spacial score (nSPS) is 21.3. The lowest BCUT2D eigenvalue weighted by atomic mass is 10.1. The van der Waals surface area contributed by atoms with E-state index in [1.165, 1.54) is 5.56 Å². The Morgan fingerprint density at radius 1 is 1.61 bits per heavy atom. The molecule has 1 aliphatic heterocycles. The molecule has 2 aromatic rings. The van der Waals surface area contributed by atoms with Crippen LogP contribution >= 0.6 is 11.3 Å². The third kappa shape index (κ3) is 2.31. The molecule has 1 fully saturated rings.